The quantitative estimate of drug-likeness (QED) is 0.910. The lowest BCUT2D eigenvalue weighted by molar-refractivity contribution is 0.871. The Bertz CT molecular complexity index is 497. The minimum Gasteiger partial charge on any atom is -0.363 e. The Hall–Kier alpha value is -1.35. The van der Waals surface area contributed by atoms with Crippen molar-refractivity contribution in [3.05, 3.63) is 58.2 Å². The van der Waals surface area contributed by atoms with Crippen molar-refractivity contribution in [2.75, 3.05) is 5.32 Å². The summed E-state index contributed by atoms with van der Waals surface area (Å²) in [6, 6.07) is 12.7. The Labute approximate surface area is 110 Å². The van der Waals surface area contributed by atoms with Gasteiger partial charge in [-0.25, -0.2) is 4.98 Å². The molecule has 0 aliphatic heterocycles. The Kier molecular flexibility index (Phi) is 3.79. The molecule has 0 spiro atoms. The first-order chi connectivity index (χ1) is 8.16. The second-order valence-electron chi connectivity index (χ2n) is 4.10. The van der Waals surface area contributed by atoms with Crippen LogP contribution >= 0.6 is 15.9 Å². The molecule has 0 aliphatic carbocycles. The summed E-state index contributed by atoms with van der Waals surface area (Å²) in [5.41, 5.74) is 2.40. The van der Waals surface area contributed by atoms with Crippen LogP contribution in [-0.2, 0) is 0 Å². The highest BCUT2D eigenvalue weighted by atomic mass is 79.9. The van der Waals surface area contributed by atoms with Crippen LogP contribution in [-0.4, -0.2) is 4.98 Å². The number of nitrogens with one attached hydrogen (secondary N) is 1. The molecule has 0 fully saturated rings. The lowest BCUT2D eigenvalue weighted by Gasteiger charge is -2.16. The highest BCUT2D eigenvalue weighted by Crippen LogP contribution is 2.22. The molecule has 0 saturated carbocycles. The lowest BCUT2D eigenvalue weighted by atomic mass is 10.1. The number of benzene rings is 1. The molecule has 0 radical (unpaired) electrons. The van der Waals surface area contributed by atoms with Gasteiger partial charge < -0.3 is 5.32 Å². The molecular weight excluding hydrogens is 276 g/mol. The van der Waals surface area contributed by atoms with E-state index in [0.29, 0.717) is 0 Å². The number of halogens is 1. The Balaban J connectivity index is 2.16. The molecule has 3 heteroatoms. The van der Waals surface area contributed by atoms with Crippen LogP contribution in [0.2, 0.25) is 0 Å². The molecule has 0 bridgehead atoms. The van der Waals surface area contributed by atoms with Crippen LogP contribution in [0.15, 0.2) is 47.1 Å². The summed E-state index contributed by atoms with van der Waals surface area (Å²) in [4.78, 5) is 4.39. The number of aryl methyl sites for hydroxylation is 1. The number of rotatable bonds is 3. The van der Waals surface area contributed by atoms with Gasteiger partial charge in [0, 0.05) is 16.7 Å². The van der Waals surface area contributed by atoms with E-state index in [0.717, 1.165) is 15.9 Å². The number of hydrogen-bond acceptors (Lipinski definition) is 2. The van der Waals surface area contributed by atoms with E-state index in [4.69, 9.17) is 0 Å². The van der Waals surface area contributed by atoms with Gasteiger partial charge in [0.2, 0.25) is 0 Å². The van der Waals surface area contributed by atoms with E-state index in [9.17, 15) is 0 Å². The lowest BCUT2D eigenvalue weighted by Crippen LogP contribution is -2.08. The standard InChI is InChI=1S/C14H15BrN2/c1-10-8-13(15)9-16-14(10)17-11(2)12-6-4-3-5-7-12/h3-9,11H,1-2H3,(H,16,17). The van der Waals surface area contributed by atoms with Gasteiger partial charge in [0.1, 0.15) is 5.82 Å². The predicted molar refractivity (Wildman–Crippen MR) is 75.2 cm³/mol. The summed E-state index contributed by atoms with van der Waals surface area (Å²) in [5.74, 6) is 0.935. The molecule has 1 aromatic carbocycles. The first kappa shape index (κ1) is 12.1. The molecule has 1 atom stereocenters. The summed E-state index contributed by atoms with van der Waals surface area (Å²) in [7, 11) is 0. The number of nitrogens with zero attached hydrogens (tertiary/aromatic N) is 1. The molecular formula is C14H15BrN2. The average molecular weight is 291 g/mol. The molecule has 2 nitrogen and oxygen atoms in total. The van der Waals surface area contributed by atoms with Crippen LogP contribution in [0.4, 0.5) is 5.82 Å². The Morgan fingerprint density at radius 3 is 2.59 bits per heavy atom. The van der Waals surface area contributed by atoms with Crippen molar-refractivity contribution < 1.29 is 0 Å². The maximum Gasteiger partial charge on any atom is 0.129 e. The van der Waals surface area contributed by atoms with Crippen molar-refractivity contribution in [2.45, 2.75) is 19.9 Å². The summed E-state index contributed by atoms with van der Waals surface area (Å²) in [6.07, 6.45) is 1.81. The minimum absolute atomic E-state index is 0.253. The number of hydrogen-bond donors (Lipinski definition) is 1. The second kappa shape index (κ2) is 5.32. The third-order valence-corrected chi connectivity index (χ3v) is 3.13. The molecule has 0 amide bonds. The molecule has 17 heavy (non-hydrogen) atoms. The molecule has 0 aliphatic rings. The van der Waals surface area contributed by atoms with Gasteiger partial charge in [0.15, 0.2) is 0 Å². The zero-order valence-electron chi connectivity index (χ0n) is 9.94. The summed E-state index contributed by atoms with van der Waals surface area (Å²) in [6.45, 7) is 4.19. The highest BCUT2D eigenvalue weighted by molar-refractivity contribution is 9.10. The van der Waals surface area contributed by atoms with Gasteiger partial charge in [-0.15, -0.1) is 0 Å². The van der Waals surface area contributed by atoms with E-state index in [1.54, 1.807) is 0 Å². The maximum atomic E-state index is 4.39. The number of aromatic nitrogens is 1. The van der Waals surface area contributed by atoms with Gasteiger partial charge in [-0.2, -0.15) is 0 Å². The molecule has 1 unspecified atom stereocenters. The topological polar surface area (TPSA) is 24.9 Å². The third kappa shape index (κ3) is 3.07. The van der Waals surface area contributed by atoms with E-state index in [1.807, 2.05) is 12.3 Å². The number of pyridine rings is 1. The van der Waals surface area contributed by atoms with Crippen LogP contribution in [0, 0.1) is 6.92 Å². The molecule has 1 N–H and O–H groups in total. The fourth-order valence-electron chi connectivity index (χ4n) is 1.72. The van der Waals surface area contributed by atoms with E-state index in [-0.39, 0.29) is 6.04 Å². The normalized spacial score (nSPS) is 12.2. The molecule has 0 saturated heterocycles. The van der Waals surface area contributed by atoms with Gasteiger partial charge in [0.25, 0.3) is 0 Å². The van der Waals surface area contributed by atoms with Crippen molar-refractivity contribution in [2.24, 2.45) is 0 Å². The van der Waals surface area contributed by atoms with Gasteiger partial charge in [0.05, 0.1) is 0 Å². The first-order valence-corrected chi connectivity index (χ1v) is 6.40. The van der Waals surface area contributed by atoms with E-state index < -0.39 is 0 Å². The van der Waals surface area contributed by atoms with Crippen LogP contribution < -0.4 is 5.32 Å². The van der Waals surface area contributed by atoms with Crippen LogP contribution in [0.1, 0.15) is 24.1 Å². The molecule has 1 aromatic heterocycles. The first-order valence-electron chi connectivity index (χ1n) is 5.60. The van der Waals surface area contributed by atoms with E-state index in [2.05, 4.69) is 70.4 Å². The minimum atomic E-state index is 0.253. The predicted octanol–water partition coefficient (Wildman–Crippen LogP) is 4.33. The Morgan fingerprint density at radius 1 is 1.24 bits per heavy atom. The average Bonchev–Trinajstić information content (AvgIpc) is 2.34. The van der Waals surface area contributed by atoms with Gasteiger partial charge in [-0.05, 0) is 47.0 Å². The summed E-state index contributed by atoms with van der Waals surface area (Å²) in [5, 5.41) is 3.42. The molecule has 88 valence electrons. The second-order valence-corrected chi connectivity index (χ2v) is 5.01. The van der Waals surface area contributed by atoms with Gasteiger partial charge in [-0.1, -0.05) is 30.3 Å². The summed E-state index contributed by atoms with van der Waals surface area (Å²) < 4.78 is 1.01. The summed E-state index contributed by atoms with van der Waals surface area (Å²) >= 11 is 3.42. The number of anilines is 1. The molecule has 2 rings (SSSR count). The molecule has 1 heterocycles. The third-order valence-electron chi connectivity index (χ3n) is 2.70. The van der Waals surface area contributed by atoms with Crippen molar-refractivity contribution in [3.63, 3.8) is 0 Å². The zero-order valence-corrected chi connectivity index (χ0v) is 11.5. The van der Waals surface area contributed by atoms with Crippen LogP contribution in [0.5, 0.6) is 0 Å². The SMILES string of the molecule is Cc1cc(Br)cnc1NC(C)c1ccccc1. The molecule has 2 aromatic rings. The van der Waals surface area contributed by atoms with Crippen LogP contribution in [0.3, 0.4) is 0 Å². The van der Waals surface area contributed by atoms with E-state index >= 15 is 0 Å². The maximum absolute atomic E-state index is 4.39. The van der Waals surface area contributed by atoms with Gasteiger partial charge in [-0.3, -0.25) is 0 Å². The van der Waals surface area contributed by atoms with Crippen molar-refractivity contribution >= 4 is 21.7 Å². The fraction of sp³-hybridized carbons (Fsp3) is 0.214. The van der Waals surface area contributed by atoms with Crippen molar-refractivity contribution in [1.82, 2.24) is 4.98 Å². The van der Waals surface area contributed by atoms with E-state index in [1.165, 1.54) is 5.56 Å². The fourth-order valence-corrected chi connectivity index (χ4v) is 2.17. The highest BCUT2D eigenvalue weighted by Gasteiger charge is 2.07. The van der Waals surface area contributed by atoms with Crippen molar-refractivity contribution in [1.29, 1.82) is 0 Å². The largest absolute Gasteiger partial charge is 0.363 e. The Morgan fingerprint density at radius 2 is 1.94 bits per heavy atom. The van der Waals surface area contributed by atoms with Gasteiger partial charge >= 0.3 is 0 Å². The van der Waals surface area contributed by atoms with Crippen LogP contribution in [0.25, 0.3) is 0 Å². The zero-order chi connectivity index (χ0) is 12.3. The smallest absolute Gasteiger partial charge is 0.129 e. The van der Waals surface area contributed by atoms with Crippen molar-refractivity contribution in [3.8, 4) is 0 Å². The monoisotopic (exact) mass is 290 g/mol.